The Morgan fingerprint density at radius 1 is 0.745 bits per heavy atom. The number of rotatable bonds is 5. The molecule has 0 bridgehead atoms. The lowest BCUT2D eigenvalue weighted by atomic mass is 9.72. The van der Waals surface area contributed by atoms with Crippen LogP contribution < -0.4 is 4.74 Å². The van der Waals surface area contributed by atoms with E-state index >= 15 is 0 Å². The number of pyridine rings is 1. The molecule has 6 aromatic rings. The number of aryl methyl sites for hydroxylation is 5. The predicted molar refractivity (Wildman–Crippen MR) is 228 cm³/mol. The smallest absolute Gasteiger partial charge is 0.216 e. The van der Waals surface area contributed by atoms with Gasteiger partial charge >= 0.3 is 0 Å². The SMILES string of the molecule is Cc1cc(C)c(-c2cc(Oc3cc4c(cc3C)C(C)(C)c3cc(C(C)(C)C)cc5c6cc(C)cnc6n-4c35)cc(C3=N[C@H](C4CCCCC4)CO3)c2)c(C)c1. The van der Waals surface area contributed by atoms with Crippen molar-refractivity contribution in [2.45, 2.75) is 118 Å². The zero-order valence-electron chi connectivity index (χ0n) is 34.4. The van der Waals surface area contributed by atoms with Crippen LogP contribution in [0.5, 0.6) is 11.5 Å². The monoisotopic (exact) mass is 729 g/mol. The third-order valence-electron chi connectivity index (χ3n) is 12.8. The summed E-state index contributed by atoms with van der Waals surface area (Å²) in [6.45, 7) is 23.2. The Kier molecular flexibility index (Phi) is 8.35. The zero-order chi connectivity index (χ0) is 38.6. The second kappa shape index (κ2) is 12.8. The first kappa shape index (κ1) is 35.8. The van der Waals surface area contributed by atoms with Crippen molar-refractivity contribution < 1.29 is 9.47 Å². The summed E-state index contributed by atoms with van der Waals surface area (Å²) in [6.07, 6.45) is 8.42. The number of hydrogen-bond donors (Lipinski definition) is 0. The number of hydrogen-bond acceptors (Lipinski definition) is 4. The Morgan fingerprint density at radius 3 is 2.20 bits per heavy atom. The molecule has 0 N–H and O–H groups in total. The average molecular weight is 730 g/mol. The Bertz CT molecular complexity index is 2550. The van der Waals surface area contributed by atoms with E-state index in [-0.39, 0.29) is 16.9 Å². The normalized spacial score (nSPS) is 18.1. The molecule has 1 fully saturated rings. The fourth-order valence-electron chi connectivity index (χ4n) is 9.88. The molecule has 55 heavy (non-hydrogen) atoms. The van der Waals surface area contributed by atoms with Gasteiger partial charge in [0.15, 0.2) is 0 Å². The van der Waals surface area contributed by atoms with Crippen LogP contribution in [-0.4, -0.2) is 28.1 Å². The molecule has 0 radical (unpaired) electrons. The third-order valence-corrected chi connectivity index (χ3v) is 12.8. The summed E-state index contributed by atoms with van der Waals surface area (Å²) < 4.78 is 15.9. The molecule has 5 heteroatoms. The maximum absolute atomic E-state index is 7.06. The van der Waals surface area contributed by atoms with Crippen LogP contribution >= 0.6 is 0 Å². The second-order valence-electron chi connectivity index (χ2n) is 18.5. The van der Waals surface area contributed by atoms with Crippen LogP contribution in [0, 0.1) is 40.5 Å². The molecule has 5 nitrogen and oxygen atoms in total. The van der Waals surface area contributed by atoms with Crippen molar-refractivity contribution in [3.63, 3.8) is 0 Å². The van der Waals surface area contributed by atoms with Crippen LogP contribution in [0.15, 0.2) is 71.9 Å². The van der Waals surface area contributed by atoms with E-state index in [2.05, 4.69) is 134 Å². The molecule has 4 heterocycles. The third kappa shape index (κ3) is 5.97. The molecule has 4 aromatic carbocycles. The van der Waals surface area contributed by atoms with Crippen molar-refractivity contribution in [2.24, 2.45) is 10.9 Å². The standard InChI is InChI=1S/C50H55N3O2/c1-28-16-31(4)45(32(5)17-28)34-20-35(48-52-42(27-54-48)33-14-12-11-13-15-33)22-37(21-34)55-44-25-43-40(19-30(44)3)50(9,10)41-24-36(49(6,7)8)23-38-39-18-29(2)26-51-47(39)53(43)46(38)41/h16-26,33,42H,11-15,27H2,1-10H3/t42-/m0/s1. The van der Waals surface area contributed by atoms with Crippen molar-refractivity contribution in [3.05, 3.63) is 117 Å². The van der Waals surface area contributed by atoms with Crippen LogP contribution in [0.4, 0.5) is 0 Å². The Hall–Kier alpha value is -4.90. The summed E-state index contributed by atoms with van der Waals surface area (Å²) in [7, 11) is 0. The summed E-state index contributed by atoms with van der Waals surface area (Å²) in [5.74, 6) is 2.96. The van der Waals surface area contributed by atoms with Gasteiger partial charge in [0, 0.05) is 34.0 Å². The van der Waals surface area contributed by atoms with E-state index in [1.54, 1.807) is 0 Å². The van der Waals surface area contributed by atoms with Crippen molar-refractivity contribution in [3.8, 4) is 28.3 Å². The topological polar surface area (TPSA) is 48.6 Å². The molecule has 0 saturated heterocycles. The van der Waals surface area contributed by atoms with Crippen LogP contribution in [-0.2, 0) is 15.6 Å². The van der Waals surface area contributed by atoms with E-state index in [0.717, 1.165) is 51.0 Å². The number of fused-ring (bicyclic) bond motifs is 5. The van der Waals surface area contributed by atoms with Gasteiger partial charge in [0.1, 0.15) is 23.8 Å². The summed E-state index contributed by atoms with van der Waals surface area (Å²) in [5.41, 5.74) is 16.4. The minimum atomic E-state index is -0.238. The van der Waals surface area contributed by atoms with Gasteiger partial charge in [0.2, 0.25) is 5.90 Å². The van der Waals surface area contributed by atoms with Gasteiger partial charge in [0.05, 0.1) is 17.2 Å². The average Bonchev–Trinajstić information content (AvgIpc) is 3.75. The van der Waals surface area contributed by atoms with Gasteiger partial charge in [-0.25, -0.2) is 9.98 Å². The number of nitrogens with zero attached hydrogens (tertiary/aromatic N) is 3. The molecule has 3 aliphatic rings. The Morgan fingerprint density at radius 2 is 1.47 bits per heavy atom. The number of benzene rings is 4. The Labute approximate surface area is 326 Å². The number of ether oxygens (including phenoxy) is 2. The van der Waals surface area contributed by atoms with E-state index in [1.165, 1.54) is 87.3 Å². The van der Waals surface area contributed by atoms with Gasteiger partial charge in [-0.05, 0) is 145 Å². The van der Waals surface area contributed by atoms with Crippen LogP contribution in [0.1, 0.15) is 117 Å². The van der Waals surface area contributed by atoms with E-state index in [9.17, 15) is 0 Å². The molecule has 0 amide bonds. The molecule has 0 unspecified atom stereocenters. The number of aliphatic imine (C=N–C) groups is 1. The highest BCUT2D eigenvalue weighted by Crippen LogP contribution is 2.50. The summed E-state index contributed by atoms with van der Waals surface area (Å²) in [6, 6.07) is 23.1. The Balaban J connectivity index is 1.21. The largest absolute Gasteiger partial charge is 0.475 e. The maximum Gasteiger partial charge on any atom is 0.216 e. The quantitative estimate of drug-likeness (QED) is 0.177. The fraction of sp³-hybridized carbons (Fsp3) is 0.400. The van der Waals surface area contributed by atoms with Gasteiger partial charge < -0.3 is 9.47 Å². The van der Waals surface area contributed by atoms with Gasteiger partial charge in [0.25, 0.3) is 0 Å². The predicted octanol–water partition coefficient (Wildman–Crippen LogP) is 12.8. The lowest BCUT2D eigenvalue weighted by molar-refractivity contribution is 0.240. The fourth-order valence-corrected chi connectivity index (χ4v) is 9.88. The molecule has 1 saturated carbocycles. The minimum Gasteiger partial charge on any atom is -0.475 e. The molecule has 282 valence electrons. The zero-order valence-corrected chi connectivity index (χ0v) is 34.4. The molecule has 0 spiro atoms. The van der Waals surface area contributed by atoms with Crippen LogP contribution in [0.2, 0.25) is 0 Å². The van der Waals surface area contributed by atoms with Crippen molar-refractivity contribution >= 4 is 27.8 Å². The van der Waals surface area contributed by atoms with Gasteiger partial charge in [-0.2, -0.15) is 0 Å². The minimum absolute atomic E-state index is 0.00920. The highest BCUT2D eigenvalue weighted by Gasteiger charge is 2.38. The van der Waals surface area contributed by atoms with E-state index in [4.69, 9.17) is 19.5 Å². The van der Waals surface area contributed by atoms with E-state index < -0.39 is 0 Å². The van der Waals surface area contributed by atoms with Crippen LogP contribution in [0.25, 0.3) is 38.8 Å². The van der Waals surface area contributed by atoms with E-state index in [0.29, 0.717) is 12.5 Å². The van der Waals surface area contributed by atoms with Crippen molar-refractivity contribution in [1.29, 1.82) is 0 Å². The maximum atomic E-state index is 7.06. The first-order valence-electron chi connectivity index (χ1n) is 20.4. The second-order valence-corrected chi connectivity index (χ2v) is 18.5. The molecular formula is C50H55N3O2. The van der Waals surface area contributed by atoms with Gasteiger partial charge in [-0.15, -0.1) is 0 Å². The van der Waals surface area contributed by atoms with Crippen molar-refractivity contribution in [2.75, 3.05) is 6.61 Å². The molecule has 9 rings (SSSR count). The summed E-state index contributed by atoms with van der Waals surface area (Å²) in [4.78, 5) is 10.3. The van der Waals surface area contributed by atoms with Crippen LogP contribution in [0.3, 0.4) is 0 Å². The van der Waals surface area contributed by atoms with Gasteiger partial charge in [-0.1, -0.05) is 77.6 Å². The summed E-state index contributed by atoms with van der Waals surface area (Å²) in [5, 5.41) is 2.46. The molecule has 2 aliphatic heterocycles. The lowest BCUT2D eigenvalue weighted by Gasteiger charge is -2.36. The van der Waals surface area contributed by atoms with E-state index in [1.807, 2.05) is 6.20 Å². The molecule has 2 aromatic heterocycles. The first-order valence-corrected chi connectivity index (χ1v) is 20.4. The summed E-state index contributed by atoms with van der Waals surface area (Å²) >= 11 is 0. The molecule has 1 aliphatic carbocycles. The lowest BCUT2D eigenvalue weighted by Crippen LogP contribution is -2.27. The number of aromatic nitrogens is 2. The first-order chi connectivity index (χ1) is 26.2. The molecule has 1 atom stereocenters. The highest BCUT2D eigenvalue weighted by molar-refractivity contribution is 6.11. The van der Waals surface area contributed by atoms with Gasteiger partial charge in [-0.3, -0.25) is 4.57 Å². The van der Waals surface area contributed by atoms with Crippen molar-refractivity contribution in [1.82, 2.24) is 9.55 Å². The molecular weight excluding hydrogens is 675 g/mol. The highest BCUT2D eigenvalue weighted by atomic mass is 16.5.